The number of rotatable bonds is 2. The van der Waals surface area contributed by atoms with Gasteiger partial charge in [-0.2, -0.15) is 0 Å². The Hall–Kier alpha value is -1.83. The van der Waals surface area contributed by atoms with Crippen molar-refractivity contribution < 1.29 is 19.1 Å². The van der Waals surface area contributed by atoms with Gasteiger partial charge in [0.25, 0.3) is 5.91 Å². The number of ether oxygens (including phenoxy) is 1. The van der Waals surface area contributed by atoms with Gasteiger partial charge in [0, 0.05) is 65.9 Å². The topological polar surface area (TPSA) is 73.4 Å². The van der Waals surface area contributed by atoms with Crippen molar-refractivity contribution in [3.8, 4) is 0 Å². The van der Waals surface area contributed by atoms with E-state index in [-0.39, 0.29) is 29.9 Å². The number of carbonyl (C=O) groups excluding carboxylic acids is 3. The summed E-state index contributed by atoms with van der Waals surface area (Å²) in [6.45, 7) is 4.50. The molecule has 8 nitrogen and oxygen atoms in total. The summed E-state index contributed by atoms with van der Waals surface area (Å²) in [6.07, 6.45) is 3.71. The van der Waals surface area contributed by atoms with Crippen LogP contribution >= 0.6 is 0 Å². The molecular weight excluding hydrogens is 348 g/mol. The van der Waals surface area contributed by atoms with Crippen molar-refractivity contribution in [2.24, 2.45) is 5.92 Å². The van der Waals surface area contributed by atoms with Gasteiger partial charge in [0.2, 0.25) is 5.91 Å². The molecule has 0 bridgehead atoms. The Morgan fingerprint density at radius 1 is 0.778 bits per heavy atom. The molecule has 0 aromatic heterocycles. The van der Waals surface area contributed by atoms with E-state index in [0.717, 1.165) is 19.3 Å². The van der Waals surface area contributed by atoms with Gasteiger partial charge in [0.1, 0.15) is 6.10 Å². The van der Waals surface area contributed by atoms with E-state index in [1.165, 1.54) is 0 Å². The molecule has 0 radical (unpaired) electrons. The van der Waals surface area contributed by atoms with Gasteiger partial charge in [0.15, 0.2) is 0 Å². The molecule has 0 spiro atoms. The van der Waals surface area contributed by atoms with Crippen LogP contribution in [0.5, 0.6) is 0 Å². The van der Waals surface area contributed by atoms with Gasteiger partial charge >= 0.3 is 6.03 Å². The summed E-state index contributed by atoms with van der Waals surface area (Å²) in [5.74, 6) is 0.243. The molecule has 0 saturated carbocycles. The molecule has 1 unspecified atom stereocenters. The summed E-state index contributed by atoms with van der Waals surface area (Å²) in [4.78, 5) is 44.7. The minimum atomic E-state index is -0.286. The fourth-order valence-corrected chi connectivity index (χ4v) is 4.19. The molecule has 4 amide bonds. The Labute approximate surface area is 161 Å². The summed E-state index contributed by atoms with van der Waals surface area (Å²) in [5, 5.41) is 0. The van der Waals surface area contributed by atoms with Crippen molar-refractivity contribution in [1.29, 1.82) is 0 Å². The Bertz CT molecular complexity index is 554. The minimum Gasteiger partial charge on any atom is -0.368 e. The van der Waals surface area contributed by atoms with E-state index in [1.54, 1.807) is 19.0 Å². The molecule has 0 aromatic rings. The molecule has 0 N–H and O–H groups in total. The lowest BCUT2D eigenvalue weighted by Gasteiger charge is -2.35. The first-order valence-electron chi connectivity index (χ1n) is 10.1. The monoisotopic (exact) mass is 380 g/mol. The fourth-order valence-electron chi connectivity index (χ4n) is 4.19. The van der Waals surface area contributed by atoms with Crippen LogP contribution in [0.2, 0.25) is 0 Å². The smallest absolute Gasteiger partial charge is 0.319 e. The van der Waals surface area contributed by atoms with E-state index in [1.807, 2.05) is 14.7 Å². The molecule has 3 rings (SSSR count). The van der Waals surface area contributed by atoms with Gasteiger partial charge < -0.3 is 24.3 Å². The molecule has 0 aliphatic carbocycles. The number of piperidine rings is 1. The SMILES string of the molecule is CN(C)C(=O)N1CCC(C(=O)N2CCCN(C(=O)C3CCCO3)CC2)CC1. The third-order valence-electron chi connectivity index (χ3n) is 5.82. The van der Waals surface area contributed by atoms with E-state index in [9.17, 15) is 14.4 Å². The van der Waals surface area contributed by atoms with Crippen LogP contribution in [0.1, 0.15) is 32.1 Å². The third kappa shape index (κ3) is 4.72. The van der Waals surface area contributed by atoms with Crippen LogP contribution in [0.4, 0.5) is 4.79 Å². The zero-order chi connectivity index (χ0) is 19.4. The average molecular weight is 380 g/mol. The number of hydrogen-bond acceptors (Lipinski definition) is 4. The lowest BCUT2D eigenvalue weighted by atomic mass is 9.95. The second-order valence-electron chi connectivity index (χ2n) is 7.94. The Balaban J connectivity index is 1.48. The van der Waals surface area contributed by atoms with Gasteiger partial charge in [-0.25, -0.2) is 4.79 Å². The highest BCUT2D eigenvalue weighted by Gasteiger charge is 2.33. The molecule has 0 aromatic carbocycles. The molecular formula is C19H32N4O4. The number of carbonyl (C=O) groups is 3. The first kappa shape index (κ1) is 19.9. The van der Waals surface area contributed by atoms with Gasteiger partial charge in [0.05, 0.1) is 0 Å². The molecule has 3 fully saturated rings. The van der Waals surface area contributed by atoms with Gasteiger partial charge in [-0.3, -0.25) is 9.59 Å². The van der Waals surface area contributed by atoms with Crippen LogP contribution in [-0.2, 0) is 14.3 Å². The van der Waals surface area contributed by atoms with E-state index < -0.39 is 0 Å². The van der Waals surface area contributed by atoms with E-state index >= 15 is 0 Å². The van der Waals surface area contributed by atoms with Crippen molar-refractivity contribution in [1.82, 2.24) is 19.6 Å². The van der Waals surface area contributed by atoms with Crippen LogP contribution in [0.25, 0.3) is 0 Å². The van der Waals surface area contributed by atoms with E-state index in [0.29, 0.717) is 58.7 Å². The van der Waals surface area contributed by atoms with E-state index in [4.69, 9.17) is 4.74 Å². The lowest BCUT2D eigenvalue weighted by molar-refractivity contribution is -0.141. The van der Waals surface area contributed by atoms with Crippen molar-refractivity contribution in [3.05, 3.63) is 0 Å². The van der Waals surface area contributed by atoms with Gasteiger partial charge in [-0.1, -0.05) is 0 Å². The molecule has 3 saturated heterocycles. The van der Waals surface area contributed by atoms with Crippen LogP contribution in [0.3, 0.4) is 0 Å². The summed E-state index contributed by atoms with van der Waals surface area (Å²) < 4.78 is 5.52. The first-order valence-corrected chi connectivity index (χ1v) is 10.1. The van der Waals surface area contributed by atoms with Crippen molar-refractivity contribution in [2.75, 3.05) is 60.0 Å². The number of hydrogen-bond donors (Lipinski definition) is 0. The Morgan fingerprint density at radius 3 is 1.96 bits per heavy atom. The van der Waals surface area contributed by atoms with Gasteiger partial charge in [-0.05, 0) is 32.1 Å². The van der Waals surface area contributed by atoms with Crippen molar-refractivity contribution >= 4 is 17.8 Å². The average Bonchev–Trinajstić information content (AvgIpc) is 3.11. The van der Waals surface area contributed by atoms with Crippen LogP contribution in [-0.4, -0.2) is 104 Å². The van der Waals surface area contributed by atoms with Crippen LogP contribution in [0, 0.1) is 5.92 Å². The zero-order valence-corrected chi connectivity index (χ0v) is 16.6. The quantitative estimate of drug-likeness (QED) is 0.704. The maximum absolute atomic E-state index is 12.9. The molecule has 1 atom stereocenters. The number of amides is 4. The summed E-state index contributed by atoms with van der Waals surface area (Å²) in [5.41, 5.74) is 0. The normalized spacial score (nSPS) is 24.7. The second-order valence-corrected chi connectivity index (χ2v) is 7.94. The lowest BCUT2D eigenvalue weighted by Crippen LogP contribution is -2.48. The molecule has 3 aliphatic heterocycles. The maximum Gasteiger partial charge on any atom is 0.319 e. The van der Waals surface area contributed by atoms with E-state index in [2.05, 4.69) is 0 Å². The summed E-state index contributed by atoms with van der Waals surface area (Å²) in [6, 6.07) is 0.0129. The van der Waals surface area contributed by atoms with Crippen LogP contribution < -0.4 is 0 Å². The zero-order valence-electron chi connectivity index (χ0n) is 16.6. The number of nitrogens with zero attached hydrogens (tertiary/aromatic N) is 4. The standard InChI is InChI=1S/C19H32N4O4/c1-20(2)19(26)23-10-6-15(7-11-23)17(24)21-8-4-9-22(13-12-21)18(25)16-5-3-14-27-16/h15-16H,3-14H2,1-2H3. The van der Waals surface area contributed by atoms with Gasteiger partial charge in [-0.15, -0.1) is 0 Å². The molecule has 152 valence electrons. The Kier molecular flexibility index (Phi) is 6.57. The highest BCUT2D eigenvalue weighted by molar-refractivity contribution is 5.82. The minimum absolute atomic E-state index is 0.0129. The maximum atomic E-state index is 12.9. The predicted molar refractivity (Wildman–Crippen MR) is 100 cm³/mol. The Morgan fingerprint density at radius 2 is 1.41 bits per heavy atom. The highest BCUT2D eigenvalue weighted by Crippen LogP contribution is 2.22. The summed E-state index contributed by atoms with van der Waals surface area (Å²) >= 11 is 0. The molecule has 3 heterocycles. The summed E-state index contributed by atoms with van der Waals surface area (Å²) in [7, 11) is 3.50. The number of likely N-dealkylation sites (tertiary alicyclic amines) is 1. The first-order chi connectivity index (χ1) is 13.0. The predicted octanol–water partition coefficient (Wildman–Crippen LogP) is 0.620. The van der Waals surface area contributed by atoms with Crippen molar-refractivity contribution in [2.45, 2.75) is 38.2 Å². The second kappa shape index (κ2) is 8.91. The molecule has 8 heteroatoms. The molecule has 3 aliphatic rings. The largest absolute Gasteiger partial charge is 0.368 e. The fraction of sp³-hybridized carbons (Fsp3) is 0.842. The molecule has 27 heavy (non-hydrogen) atoms. The van der Waals surface area contributed by atoms with Crippen LogP contribution in [0.15, 0.2) is 0 Å². The van der Waals surface area contributed by atoms with Crippen molar-refractivity contribution in [3.63, 3.8) is 0 Å². The third-order valence-corrected chi connectivity index (χ3v) is 5.82. The number of urea groups is 1. The highest BCUT2D eigenvalue weighted by atomic mass is 16.5.